The number of alkyl halides is 1. The Bertz CT molecular complexity index is 505. The minimum atomic E-state index is 0.344. The van der Waals surface area contributed by atoms with Crippen molar-refractivity contribution in [3.05, 3.63) is 55.1 Å². The van der Waals surface area contributed by atoms with Crippen LogP contribution >= 0.6 is 54.8 Å². The molecule has 0 aliphatic heterocycles. The van der Waals surface area contributed by atoms with Gasteiger partial charge in [0.1, 0.15) is 0 Å². The molecular formula is C13H11Br2ClS. The molecule has 17 heavy (non-hydrogen) atoms. The van der Waals surface area contributed by atoms with Crippen LogP contribution in [0.25, 0.3) is 0 Å². The smallest absolute Gasteiger partial charge is 0.0540 e. The summed E-state index contributed by atoms with van der Waals surface area (Å²) in [5.74, 6) is 0. The van der Waals surface area contributed by atoms with E-state index in [1.54, 1.807) is 0 Å². The summed E-state index contributed by atoms with van der Waals surface area (Å²) in [6.07, 6.45) is 0.968. The van der Waals surface area contributed by atoms with Crippen molar-refractivity contribution >= 4 is 54.8 Å². The van der Waals surface area contributed by atoms with Gasteiger partial charge in [-0.15, -0.1) is 11.3 Å². The van der Waals surface area contributed by atoms with Gasteiger partial charge in [0.15, 0.2) is 0 Å². The maximum Gasteiger partial charge on any atom is 0.0540 e. The summed E-state index contributed by atoms with van der Waals surface area (Å²) in [5.41, 5.74) is 1.29. The molecule has 1 atom stereocenters. The summed E-state index contributed by atoms with van der Waals surface area (Å²) in [5, 5.41) is 0.785. The summed E-state index contributed by atoms with van der Waals surface area (Å²) in [7, 11) is 0. The Kier molecular flexibility index (Phi) is 4.70. The Hall–Kier alpha value is 0.170. The maximum atomic E-state index is 5.88. The van der Waals surface area contributed by atoms with Gasteiger partial charge in [-0.1, -0.05) is 39.7 Å². The van der Waals surface area contributed by atoms with E-state index < -0.39 is 0 Å². The number of hydrogen-bond donors (Lipinski definition) is 0. The van der Waals surface area contributed by atoms with Gasteiger partial charge in [-0.25, -0.2) is 0 Å². The van der Waals surface area contributed by atoms with Crippen LogP contribution in [0.5, 0.6) is 0 Å². The van der Waals surface area contributed by atoms with Crippen molar-refractivity contribution in [1.29, 1.82) is 0 Å². The van der Waals surface area contributed by atoms with Gasteiger partial charge in [-0.3, -0.25) is 0 Å². The van der Waals surface area contributed by atoms with Crippen molar-refractivity contribution < 1.29 is 0 Å². The van der Waals surface area contributed by atoms with E-state index in [9.17, 15) is 0 Å². The van der Waals surface area contributed by atoms with E-state index in [1.165, 1.54) is 19.8 Å². The van der Waals surface area contributed by atoms with Crippen molar-refractivity contribution in [2.75, 3.05) is 0 Å². The van der Waals surface area contributed by atoms with Crippen LogP contribution < -0.4 is 0 Å². The van der Waals surface area contributed by atoms with E-state index in [0.29, 0.717) is 4.83 Å². The zero-order valence-corrected chi connectivity index (χ0v) is 14.0. The standard InChI is InChI=1S/C13H11Br2ClS/c1-8-6-11(14)13(17-8)12(15)7-9-2-4-10(16)5-3-9/h2-6,12H,7H2,1H3. The predicted molar refractivity (Wildman–Crippen MR) is 83.6 cm³/mol. The average molecular weight is 395 g/mol. The topological polar surface area (TPSA) is 0 Å². The molecule has 4 heteroatoms. The van der Waals surface area contributed by atoms with Gasteiger partial charge in [0, 0.05) is 19.2 Å². The molecule has 1 aromatic carbocycles. The zero-order chi connectivity index (χ0) is 12.4. The van der Waals surface area contributed by atoms with E-state index in [2.05, 4.69) is 57.0 Å². The number of rotatable bonds is 3. The van der Waals surface area contributed by atoms with E-state index in [-0.39, 0.29) is 0 Å². The van der Waals surface area contributed by atoms with Gasteiger partial charge in [-0.05, 0) is 53.0 Å². The minimum Gasteiger partial charge on any atom is -0.143 e. The minimum absolute atomic E-state index is 0.344. The summed E-state index contributed by atoms with van der Waals surface area (Å²) in [6, 6.07) is 10.2. The van der Waals surface area contributed by atoms with Crippen LogP contribution in [-0.4, -0.2) is 0 Å². The molecule has 2 aromatic rings. The monoisotopic (exact) mass is 392 g/mol. The fourth-order valence-corrected chi connectivity index (χ4v) is 4.87. The van der Waals surface area contributed by atoms with E-state index in [1.807, 2.05) is 23.5 Å². The maximum absolute atomic E-state index is 5.88. The number of halogens is 3. The molecule has 0 bridgehead atoms. The number of aryl methyl sites for hydroxylation is 1. The van der Waals surface area contributed by atoms with Crippen molar-refractivity contribution in [3.63, 3.8) is 0 Å². The second kappa shape index (κ2) is 5.87. The van der Waals surface area contributed by atoms with Gasteiger partial charge >= 0.3 is 0 Å². The second-order valence-corrected chi connectivity index (χ2v) is 7.55. The molecular weight excluding hydrogens is 383 g/mol. The summed E-state index contributed by atoms with van der Waals surface area (Å²) in [6.45, 7) is 2.13. The van der Waals surface area contributed by atoms with Crippen molar-refractivity contribution in [2.45, 2.75) is 18.2 Å². The highest BCUT2D eigenvalue weighted by atomic mass is 79.9. The van der Waals surface area contributed by atoms with Crippen molar-refractivity contribution in [1.82, 2.24) is 0 Å². The third-order valence-electron chi connectivity index (χ3n) is 2.45. The first-order valence-electron chi connectivity index (χ1n) is 5.20. The van der Waals surface area contributed by atoms with Crippen molar-refractivity contribution in [2.24, 2.45) is 0 Å². The molecule has 2 rings (SSSR count). The fraction of sp³-hybridized carbons (Fsp3) is 0.231. The van der Waals surface area contributed by atoms with Gasteiger partial charge in [0.05, 0.1) is 4.83 Å². The summed E-state index contributed by atoms with van der Waals surface area (Å²) in [4.78, 5) is 3.02. The molecule has 0 radical (unpaired) electrons. The second-order valence-electron chi connectivity index (χ2n) is 3.87. The van der Waals surface area contributed by atoms with Crippen molar-refractivity contribution in [3.8, 4) is 0 Å². The number of hydrogen-bond acceptors (Lipinski definition) is 1. The van der Waals surface area contributed by atoms with Gasteiger partial charge in [0.25, 0.3) is 0 Å². The highest BCUT2D eigenvalue weighted by Gasteiger charge is 2.14. The molecule has 1 heterocycles. The lowest BCUT2D eigenvalue weighted by atomic mass is 10.1. The molecule has 0 nitrogen and oxygen atoms in total. The lowest BCUT2D eigenvalue weighted by Crippen LogP contribution is -1.93. The Balaban J connectivity index is 2.14. The normalized spacial score (nSPS) is 12.7. The summed E-state index contributed by atoms with van der Waals surface area (Å²) < 4.78 is 1.19. The molecule has 1 aromatic heterocycles. The highest BCUT2D eigenvalue weighted by Crippen LogP contribution is 2.38. The lowest BCUT2D eigenvalue weighted by Gasteiger charge is -2.08. The van der Waals surface area contributed by atoms with Crippen LogP contribution in [0.3, 0.4) is 0 Å². The van der Waals surface area contributed by atoms with E-state index >= 15 is 0 Å². The lowest BCUT2D eigenvalue weighted by molar-refractivity contribution is 0.965. The molecule has 0 fully saturated rings. The first-order valence-corrected chi connectivity index (χ1v) is 8.11. The molecule has 0 amide bonds. The van der Waals surface area contributed by atoms with E-state index in [4.69, 9.17) is 11.6 Å². The third kappa shape index (κ3) is 3.57. The molecule has 0 aliphatic rings. The third-order valence-corrected chi connectivity index (χ3v) is 5.87. The SMILES string of the molecule is Cc1cc(Br)c(C(Br)Cc2ccc(Cl)cc2)s1. The molecule has 0 spiro atoms. The quantitative estimate of drug-likeness (QED) is 0.548. The van der Waals surface area contributed by atoms with E-state index in [0.717, 1.165) is 11.4 Å². The predicted octanol–water partition coefficient (Wildman–Crippen LogP) is 6.15. The molecule has 0 aliphatic carbocycles. The number of benzene rings is 1. The van der Waals surface area contributed by atoms with Crippen LogP contribution in [0, 0.1) is 6.92 Å². The fourth-order valence-electron chi connectivity index (χ4n) is 1.63. The van der Waals surface area contributed by atoms with Crippen LogP contribution in [0.1, 0.15) is 20.1 Å². The van der Waals surface area contributed by atoms with Crippen LogP contribution in [0.2, 0.25) is 5.02 Å². The average Bonchev–Trinajstić information content (AvgIpc) is 2.61. The molecule has 0 N–H and O–H groups in total. The van der Waals surface area contributed by atoms with Gasteiger partial charge in [0.2, 0.25) is 0 Å². The van der Waals surface area contributed by atoms with Crippen LogP contribution in [0.15, 0.2) is 34.8 Å². The molecule has 90 valence electrons. The van der Waals surface area contributed by atoms with Crippen LogP contribution in [0.4, 0.5) is 0 Å². The Morgan fingerprint density at radius 3 is 2.47 bits per heavy atom. The number of thiophene rings is 1. The Morgan fingerprint density at radius 2 is 1.94 bits per heavy atom. The summed E-state index contributed by atoms with van der Waals surface area (Å²) >= 11 is 15.1. The molecule has 0 saturated carbocycles. The van der Waals surface area contributed by atoms with Gasteiger partial charge < -0.3 is 0 Å². The zero-order valence-electron chi connectivity index (χ0n) is 9.21. The molecule has 1 unspecified atom stereocenters. The van der Waals surface area contributed by atoms with Gasteiger partial charge in [-0.2, -0.15) is 0 Å². The Morgan fingerprint density at radius 1 is 1.29 bits per heavy atom. The highest BCUT2D eigenvalue weighted by molar-refractivity contribution is 9.11. The van der Waals surface area contributed by atoms with Crippen LogP contribution in [-0.2, 0) is 6.42 Å². The Labute approximate surface area is 127 Å². The first-order chi connectivity index (χ1) is 8.06. The largest absolute Gasteiger partial charge is 0.143 e. The first kappa shape index (κ1) is 13.6. The molecule has 0 saturated heterocycles.